The number of aliphatic hydroxyl groups excluding tert-OH is 1. The number of rotatable bonds is 4. The molecule has 0 radical (unpaired) electrons. The van der Waals surface area contributed by atoms with E-state index in [1.807, 2.05) is 13.8 Å². The van der Waals surface area contributed by atoms with Gasteiger partial charge in [-0.15, -0.1) is 0 Å². The number of carboxylic acids is 1. The van der Waals surface area contributed by atoms with Crippen molar-refractivity contribution >= 4 is 12.0 Å². The standard InChI is InChI=1S/C15H26N2O4/c1-10(2)16(7-8-18)15(21)17-12-6-4-3-5-11(12)9-13(17)14(19)20/h10-13,18H,3-9H2,1-2H3,(H,19,20). The van der Waals surface area contributed by atoms with Gasteiger partial charge in [-0.05, 0) is 39.0 Å². The van der Waals surface area contributed by atoms with Crippen LogP contribution >= 0.6 is 0 Å². The third kappa shape index (κ3) is 3.15. The minimum absolute atomic E-state index is 0.0484. The fourth-order valence-electron chi connectivity index (χ4n) is 3.79. The van der Waals surface area contributed by atoms with Crippen molar-refractivity contribution in [3.05, 3.63) is 0 Å². The normalized spacial score (nSPS) is 28.6. The molecule has 6 nitrogen and oxygen atoms in total. The number of aliphatic carboxylic acids is 1. The first kappa shape index (κ1) is 16.1. The molecule has 2 N–H and O–H groups in total. The molecule has 6 heteroatoms. The lowest BCUT2D eigenvalue weighted by Gasteiger charge is -2.38. The Morgan fingerprint density at radius 2 is 1.95 bits per heavy atom. The summed E-state index contributed by atoms with van der Waals surface area (Å²) in [5, 5.41) is 18.6. The zero-order valence-corrected chi connectivity index (χ0v) is 12.9. The SMILES string of the molecule is CC(C)N(CCO)C(=O)N1C(C(=O)O)CC2CCCCC21. The van der Waals surface area contributed by atoms with Crippen molar-refractivity contribution < 1.29 is 19.8 Å². The Morgan fingerprint density at radius 3 is 2.52 bits per heavy atom. The van der Waals surface area contributed by atoms with Crippen LogP contribution in [0.3, 0.4) is 0 Å². The van der Waals surface area contributed by atoms with Crippen LogP contribution in [0.25, 0.3) is 0 Å². The van der Waals surface area contributed by atoms with Crippen LogP contribution in [-0.4, -0.2) is 63.3 Å². The number of carbonyl (C=O) groups is 2. The average molecular weight is 298 g/mol. The van der Waals surface area contributed by atoms with Crippen LogP contribution in [0.2, 0.25) is 0 Å². The molecule has 0 bridgehead atoms. The predicted octanol–water partition coefficient (Wildman–Crippen LogP) is 1.53. The van der Waals surface area contributed by atoms with Gasteiger partial charge in [0.15, 0.2) is 0 Å². The van der Waals surface area contributed by atoms with Gasteiger partial charge in [0.05, 0.1) is 6.61 Å². The Balaban J connectivity index is 2.23. The molecule has 0 aromatic heterocycles. The van der Waals surface area contributed by atoms with Crippen LogP contribution in [0.5, 0.6) is 0 Å². The summed E-state index contributed by atoms with van der Waals surface area (Å²) < 4.78 is 0. The third-order valence-electron chi connectivity index (χ3n) is 4.80. The van der Waals surface area contributed by atoms with Crippen LogP contribution in [0.1, 0.15) is 46.0 Å². The van der Waals surface area contributed by atoms with E-state index >= 15 is 0 Å². The molecule has 0 aromatic carbocycles. The van der Waals surface area contributed by atoms with Crippen molar-refractivity contribution in [3.63, 3.8) is 0 Å². The predicted molar refractivity (Wildman–Crippen MR) is 77.9 cm³/mol. The quantitative estimate of drug-likeness (QED) is 0.824. The minimum atomic E-state index is -0.912. The molecule has 1 aliphatic heterocycles. The number of aliphatic hydroxyl groups is 1. The number of fused-ring (bicyclic) bond motifs is 1. The summed E-state index contributed by atoms with van der Waals surface area (Å²) >= 11 is 0. The van der Waals surface area contributed by atoms with Gasteiger partial charge in [0.1, 0.15) is 6.04 Å². The van der Waals surface area contributed by atoms with Gasteiger partial charge in [0.2, 0.25) is 0 Å². The number of likely N-dealkylation sites (tertiary alicyclic amines) is 1. The summed E-state index contributed by atoms with van der Waals surface area (Å²) in [7, 11) is 0. The van der Waals surface area contributed by atoms with E-state index in [1.165, 1.54) is 0 Å². The highest BCUT2D eigenvalue weighted by atomic mass is 16.4. The molecule has 3 unspecified atom stereocenters. The molecule has 0 aromatic rings. The molecule has 1 saturated heterocycles. The number of urea groups is 1. The Hall–Kier alpha value is -1.30. The second-order valence-corrected chi connectivity index (χ2v) is 6.40. The van der Waals surface area contributed by atoms with Crippen molar-refractivity contribution in [1.29, 1.82) is 0 Å². The molecule has 3 atom stereocenters. The van der Waals surface area contributed by atoms with E-state index in [2.05, 4.69) is 0 Å². The van der Waals surface area contributed by atoms with E-state index in [4.69, 9.17) is 5.11 Å². The molecule has 1 aliphatic carbocycles. The lowest BCUT2D eigenvalue weighted by atomic mass is 9.85. The van der Waals surface area contributed by atoms with Gasteiger partial charge in [0.25, 0.3) is 0 Å². The fraction of sp³-hybridized carbons (Fsp3) is 0.867. The zero-order valence-electron chi connectivity index (χ0n) is 12.9. The largest absolute Gasteiger partial charge is 0.480 e. The van der Waals surface area contributed by atoms with Gasteiger partial charge >= 0.3 is 12.0 Å². The molecule has 2 rings (SSSR count). The van der Waals surface area contributed by atoms with Gasteiger partial charge in [0, 0.05) is 18.6 Å². The Kier molecular flexibility index (Phi) is 5.08. The van der Waals surface area contributed by atoms with Crippen LogP contribution in [-0.2, 0) is 4.79 Å². The fourth-order valence-corrected chi connectivity index (χ4v) is 3.79. The highest BCUT2D eigenvalue weighted by Crippen LogP contribution is 2.40. The smallest absolute Gasteiger partial charge is 0.326 e. The van der Waals surface area contributed by atoms with Crippen molar-refractivity contribution in [2.45, 2.75) is 64.1 Å². The van der Waals surface area contributed by atoms with Gasteiger partial charge in [-0.25, -0.2) is 9.59 Å². The maximum absolute atomic E-state index is 12.8. The lowest BCUT2D eigenvalue weighted by Crippen LogP contribution is -2.54. The second kappa shape index (κ2) is 6.64. The van der Waals surface area contributed by atoms with Crippen LogP contribution in [0.15, 0.2) is 0 Å². The van der Waals surface area contributed by atoms with Crippen molar-refractivity contribution in [2.24, 2.45) is 5.92 Å². The number of carbonyl (C=O) groups excluding carboxylic acids is 1. The summed E-state index contributed by atoms with van der Waals surface area (Å²) in [5.74, 6) is -0.600. The van der Waals surface area contributed by atoms with Gasteiger partial charge in [-0.1, -0.05) is 12.8 Å². The Bertz CT molecular complexity index is 399. The highest BCUT2D eigenvalue weighted by molar-refractivity contribution is 5.84. The average Bonchev–Trinajstić information content (AvgIpc) is 2.83. The molecule has 1 heterocycles. The van der Waals surface area contributed by atoms with Gasteiger partial charge in [-0.2, -0.15) is 0 Å². The molecular weight excluding hydrogens is 272 g/mol. The van der Waals surface area contributed by atoms with E-state index < -0.39 is 12.0 Å². The first-order valence-corrected chi connectivity index (χ1v) is 7.90. The Morgan fingerprint density at radius 1 is 1.29 bits per heavy atom. The zero-order chi connectivity index (χ0) is 15.6. The van der Waals surface area contributed by atoms with Crippen LogP contribution in [0, 0.1) is 5.92 Å². The molecule has 2 fully saturated rings. The molecular formula is C15H26N2O4. The second-order valence-electron chi connectivity index (χ2n) is 6.40. The molecule has 0 spiro atoms. The molecule has 1 saturated carbocycles. The summed E-state index contributed by atoms with van der Waals surface area (Å²) in [5.41, 5.74) is 0. The number of carboxylic acid groups (broad SMARTS) is 1. The van der Waals surface area contributed by atoms with Gasteiger partial charge in [-0.3, -0.25) is 0 Å². The van der Waals surface area contributed by atoms with Crippen molar-refractivity contribution in [3.8, 4) is 0 Å². The highest BCUT2D eigenvalue weighted by Gasteiger charge is 2.48. The number of nitrogens with zero attached hydrogens (tertiary/aromatic N) is 2. The Labute approximate surface area is 125 Å². The van der Waals surface area contributed by atoms with Crippen molar-refractivity contribution in [1.82, 2.24) is 9.80 Å². The van der Waals surface area contributed by atoms with E-state index in [0.717, 1.165) is 25.7 Å². The van der Waals surface area contributed by atoms with E-state index in [1.54, 1.807) is 9.80 Å². The third-order valence-corrected chi connectivity index (χ3v) is 4.80. The monoisotopic (exact) mass is 298 g/mol. The first-order chi connectivity index (χ1) is 9.97. The summed E-state index contributed by atoms with van der Waals surface area (Å²) in [6, 6.07) is -0.958. The van der Waals surface area contributed by atoms with E-state index in [0.29, 0.717) is 12.3 Å². The summed E-state index contributed by atoms with van der Waals surface area (Å²) in [4.78, 5) is 27.5. The number of hydrogen-bond donors (Lipinski definition) is 2. The number of hydrogen-bond acceptors (Lipinski definition) is 3. The summed E-state index contributed by atoms with van der Waals surface area (Å²) in [6.45, 7) is 3.91. The lowest BCUT2D eigenvalue weighted by molar-refractivity contribution is -0.141. The molecule has 120 valence electrons. The molecule has 2 aliphatic rings. The topological polar surface area (TPSA) is 81.1 Å². The van der Waals surface area contributed by atoms with Crippen molar-refractivity contribution in [2.75, 3.05) is 13.2 Å². The van der Waals surface area contributed by atoms with E-state index in [-0.39, 0.29) is 31.3 Å². The van der Waals surface area contributed by atoms with Gasteiger partial charge < -0.3 is 20.0 Å². The molecule has 21 heavy (non-hydrogen) atoms. The maximum atomic E-state index is 12.8. The van der Waals surface area contributed by atoms with Crippen LogP contribution < -0.4 is 0 Å². The first-order valence-electron chi connectivity index (χ1n) is 7.90. The van der Waals surface area contributed by atoms with E-state index in [9.17, 15) is 14.7 Å². The summed E-state index contributed by atoms with van der Waals surface area (Å²) in [6.07, 6.45) is 4.65. The minimum Gasteiger partial charge on any atom is -0.480 e. The number of amides is 2. The maximum Gasteiger partial charge on any atom is 0.326 e. The van der Waals surface area contributed by atoms with Crippen LogP contribution in [0.4, 0.5) is 4.79 Å². The molecule has 2 amide bonds.